The van der Waals surface area contributed by atoms with Crippen LogP contribution >= 0.6 is 0 Å². The minimum absolute atomic E-state index is 0.0411. The van der Waals surface area contributed by atoms with Gasteiger partial charge in [-0.1, -0.05) is 33.1 Å². The Kier molecular flexibility index (Phi) is 6.62. The van der Waals surface area contributed by atoms with Crippen LogP contribution in [0.4, 0.5) is 0 Å². The number of nitrogens with zero attached hydrogens (tertiary/aromatic N) is 2. The molecule has 0 saturated heterocycles. The lowest BCUT2D eigenvalue weighted by Crippen LogP contribution is -2.34. The zero-order valence-electron chi connectivity index (χ0n) is 12.0. The first-order chi connectivity index (χ1) is 9.53. The average Bonchev–Trinajstić information content (AvgIpc) is 2.45. The molecule has 0 radical (unpaired) electrons. The molecule has 110 valence electrons. The minimum Gasteiger partial charge on any atom is -0.244 e. The number of pyridine rings is 1. The van der Waals surface area contributed by atoms with Gasteiger partial charge in [0.1, 0.15) is 16.7 Å². The lowest BCUT2D eigenvalue weighted by atomic mass is 10.1. The topological polar surface area (TPSA) is 82.9 Å². The van der Waals surface area contributed by atoms with Crippen LogP contribution in [0.25, 0.3) is 0 Å². The lowest BCUT2D eigenvalue weighted by Gasteiger charge is -2.17. The van der Waals surface area contributed by atoms with Gasteiger partial charge in [-0.25, -0.2) is 18.1 Å². The van der Waals surface area contributed by atoms with Crippen molar-refractivity contribution in [2.75, 3.05) is 0 Å². The molecule has 1 heterocycles. The summed E-state index contributed by atoms with van der Waals surface area (Å²) in [4.78, 5) is 3.90. The molecular weight excluding hydrogens is 274 g/mol. The van der Waals surface area contributed by atoms with Crippen molar-refractivity contribution in [1.29, 1.82) is 5.26 Å². The Morgan fingerprint density at radius 1 is 1.30 bits per heavy atom. The number of nitrogens with one attached hydrogen (secondary N) is 1. The summed E-state index contributed by atoms with van der Waals surface area (Å²) in [5.41, 5.74) is 0.208. The van der Waals surface area contributed by atoms with Gasteiger partial charge in [-0.3, -0.25) is 0 Å². The normalized spacial score (nSPS) is 12.8. The van der Waals surface area contributed by atoms with Crippen molar-refractivity contribution in [2.45, 2.75) is 56.9 Å². The molecule has 0 saturated carbocycles. The Hall–Kier alpha value is -1.45. The largest absolute Gasteiger partial charge is 0.244 e. The molecule has 0 spiro atoms. The third-order valence-electron chi connectivity index (χ3n) is 3.03. The molecule has 0 aliphatic rings. The molecule has 6 heteroatoms. The van der Waals surface area contributed by atoms with E-state index in [4.69, 9.17) is 5.26 Å². The van der Waals surface area contributed by atoms with Gasteiger partial charge in [0, 0.05) is 12.2 Å². The Morgan fingerprint density at radius 3 is 2.55 bits per heavy atom. The Morgan fingerprint density at radius 2 is 2.05 bits per heavy atom. The standard InChI is InChI=1S/C14H21N3O2S/c1-3-5-7-12(6-4-2)17-20(18,19)14-9-8-13(10-15)16-11-14/h8-9,11-12,17H,3-7H2,1-2H3. The van der Waals surface area contributed by atoms with Gasteiger partial charge in [-0.15, -0.1) is 0 Å². The molecular formula is C14H21N3O2S. The van der Waals surface area contributed by atoms with E-state index in [2.05, 4.69) is 16.6 Å². The number of unbranched alkanes of at least 4 members (excludes halogenated alkanes) is 1. The molecule has 0 fully saturated rings. The molecule has 0 aliphatic carbocycles. The predicted molar refractivity (Wildman–Crippen MR) is 77.5 cm³/mol. The summed E-state index contributed by atoms with van der Waals surface area (Å²) in [5.74, 6) is 0. The van der Waals surface area contributed by atoms with Crippen LogP contribution in [0.2, 0.25) is 0 Å². The predicted octanol–water partition coefficient (Wildman–Crippen LogP) is 2.59. The summed E-state index contributed by atoms with van der Waals surface area (Å²) in [6, 6.07) is 4.65. The third-order valence-corrected chi connectivity index (χ3v) is 4.53. The van der Waals surface area contributed by atoms with Crippen LogP contribution in [0.1, 0.15) is 51.6 Å². The molecule has 0 amide bonds. The molecule has 0 bridgehead atoms. The number of nitriles is 1. The smallest absolute Gasteiger partial charge is 0.242 e. The van der Waals surface area contributed by atoms with Crippen LogP contribution in [0, 0.1) is 11.3 Å². The molecule has 0 aromatic carbocycles. The van der Waals surface area contributed by atoms with Gasteiger partial charge in [-0.05, 0) is 25.0 Å². The van der Waals surface area contributed by atoms with E-state index in [0.717, 1.165) is 32.1 Å². The van der Waals surface area contributed by atoms with Crippen LogP contribution in [0.3, 0.4) is 0 Å². The maximum absolute atomic E-state index is 12.2. The highest BCUT2D eigenvalue weighted by atomic mass is 32.2. The second-order valence-corrected chi connectivity index (χ2v) is 6.45. The SMILES string of the molecule is CCCCC(CCC)NS(=O)(=O)c1ccc(C#N)nc1. The third kappa shape index (κ3) is 4.91. The quantitative estimate of drug-likeness (QED) is 0.799. The zero-order chi connectivity index (χ0) is 15.0. The Bertz CT molecular complexity index is 547. The van der Waals surface area contributed by atoms with Gasteiger partial charge in [0.15, 0.2) is 0 Å². The molecule has 0 aliphatic heterocycles. The molecule has 1 rings (SSSR count). The van der Waals surface area contributed by atoms with Crippen molar-refractivity contribution in [3.63, 3.8) is 0 Å². The van der Waals surface area contributed by atoms with Gasteiger partial charge in [-0.2, -0.15) is 5.26 Å². The number of hydrogen-bond acceptors (Lipinski definition) is 4. The highest BCUT2D eigenvalue weighted by Crippen LogP contribution is 2.13. The van der Waals surface area contributed by atoms with Gasteiger partial charge >= 0.3 is 0 Å². The highest BCUT2D eigenvalue weighted by molar-refractivity contribution is 7.89. The fourth-order valence-corrected chi connectivity index (χ4v) is 3.20. The van der Waals surface area contributed by atoms with Crippen LogP contribution in [0.15, 0.2) is 23.2 Å². The molecule has 1 aromatic rings. The molecule has 5 nitrogen and oxygen atoms in total. The minimum atomic E-state index is -3.56. The van der Waals surface area contributed by atoms with Crippen molar-refractivity contribution in [3.8, 4) is 6.07 Å². The molecule has 20 heavy (non-hydrogen) atoms. The van der Waals surface area contributed by atoms with E-state index in [1.807, 2.05) is 13.0 Å². The molecule has 1 unspecified atom stereocenters. The molecule has 1 aromatic heterocycles. The van der Waals surface area contributed by atoms with E-state index >= 15 is 0 Å². The van der Waals surface area contributed by atoms with E-state index in [-0.39, 0.29) is 16.6 Å². The van der Waals surface area contributed by atoms with Crippen molar-refractivity contribution >= 4 is 10.0 Å². The fraction of sp³-hybridized carbons (Fsp3) is 0.571. The van der Waals surface area contributed by atoms with Gasteiger partial charge < -0.3 is 0 Å². The summed E-state index contributed by atoms with van der Waals surface area (Å²) >= 11 is 0. The maximum atomic E-state index is 12.2. The zero-order valence-corrected chi connectivity index (χ0v) is 12.8. The van der Waals surface area contributed by atoms with E-state index in [9.17, 15) is 8.42 Å². The van der Waals surface area contributed by atoms with Crippen molar-refractivity contribution in [2.24, 2.45) is 0 Å². The molecule has 1 atom stereocenters. The van der Waals surface area contributed by atoms with E-state index < -0.39 is 10.0 Å². The van der Waals surface area contributed by atoms with Gasteiger partial charge in [0.05, 0.1) is 0 Å². The summed E-state index contributed by atoms with van der Waals surface area (Å²) in [6.07, 6.45) is 5.86. The summed E-state index contributed by atoms with van der Waals surface area (Å²) in [6.45, 7) is 4.12. The number of aromatic nitrogens is 1. The monoisotopic (exact) mass is 295 g/mol. The van der Waals surface area contributed by atoms with E-state index in [0.29, 0.717) is 0 Å². The first kappa shape index (κ1) is 16.6. The highest BCUT2D eigenvalue weighted by Gasteiger charge is 2.19. The number of hydrogen-bond donors (Lipinski definition) is 1. The summed E-state index contributed by atoms with van der Waals surface area (Å²) in [7, 11) is -3.56. The average molecular weight is 295 g/mol. The van der Waals surface area contributed by atoms with Crippen LogP contribution in [0.5, 0.6) is 0 Å². The lowest BCUT2D eigenvalue weighted by molar-refractivity contribution is 0.483. The first-order valence-corrected chi connectivity index (χ1v) is 8.40. The van der Waals surface area contributed by atoms with Crippen molar-refractivity contribution in [1.82, 2.24) is 9.71 Å². The Labute approximate surface area is 121 Å². The fourth-order valence-electron chi connectivity index (χ4n) is 1.95. The maximum Gasteiger partial charge on any atom is 0.242 e. The van der Waals surface area contributed by atoms with Crippen molar-refractivity contribution < 1.29 is 8.42 Å². The van der Waals surface area contributed by atoms with Gasteiger partial charge in [0.2, 0.25) is 10.0 Å². The second kappa shape index (κ2) is 7.98. The number of rotatable bonds is 8. The van der Waals surface area contributed by atoms with Crippen LogP contribution < -0.4 is 4.72 Å². The Balaban J connectivity index is 2.82. The van der Waals surface area contributed by atoms with Crippen LogP contribution in [-0.2, 0) is 10.0 Å². The summed E-state index contributed by atoms with van der Waals surface area (Å²) < 4.78 is 27.2. The van der Waals surface area contributed by atoms with Gasteiger partial charge in [0.25, 0.3) is 0 Å². The first-order valence-electron chi connectivity index (χ1n) is 6.92. The summed E-state index contributed by atoms with van der Waals surface area (Å²) in [5, 5.41) is 8.67. The van der Waals surface area contributed by atoms with Crippen molar-refractivity contribution in [3.05, 3.63) is 24.0 Å². The van der Waals surface area contributed by atoms with Crippen LogP contribution in [-0.4, -0.2) is 19.4 Å². The van der Waals surface area contributed by atoms with E-state index in [1.165, 1.54) is 18.3 Å². The second-order valence-electron chi connectivity index (χ2n) is 4.74. The molecule has 1 N–H and O–H groups in total. The van der Waals surface area contributed by atoms with E-state index in [1.54, 1.807) is 0 Å². The number of sulfonamides is 1.